The Hall–Kier alpha value is -0.300. The maximum atomic E-state index is 4.02. The highest BCUT2D eigenvalue weighted by atomic mass is 14.9. The van der Waals surface area contributed by atoms with Gasteiger partial charge in [-0.3, -0.25) is 0 Å². The Morgan fingerprint density at radius 2 is 2.19 bits per heavy atom. The van der Waals surface area contributed by atoms with Crippen LogP contribution >= 0.6 is 0 Å². The van der Waals surface area contributed by atoms with E-state index in [9.17, 15) is 0 Å². The van der Waals surface area contributed by atoms with Crippen molar-refractivity contribution in [3.8, 4) is 0 Å². The Morgan fingerprint density at radius 1 is 1.44 bits per heavy atom. The molecule has 0 aromatic heterocycles. The second kappa shape index (κ2) is 7.11. The van der Waals surface area contributed by atoms with Gasteiger partial charge in [0.15, 0.2) is 0 Å². The average molecular weight is 223 g/mol. The van der Waals surface area contributed by atoms with Crippen LogP contribution in [0.3, 0.4) is 0 Å². The summed E-state index contributed by atoms with van der Waals surface area (Å²) in [6.07, 6.45) is 8.00. The fourth-order valence-corrected chi connectivity index (χ4v) is 2.85. The third-order valence-corrected chi connectivity index (χ3v) is 3.84. The lowest BCUT2D eigenvalue weighted by Crippen LogP contribution is -2.35. The molecule has 1 fully saturated rings. The average Bonchev–Trinajstić information content (AvgIpc) is 2.64. The predicted molar refractivity (Wildman–Crippen MR) is 72.6 cm³/mol. The van der Waals surface area contributed by atoms with E-state index in [0.29, 0.717) is 0 Å². The van der Waals surface area contributed by atoms with Crippen molar-refractivity contribution < 1.29 is 0 Å². The van der Waals surface area contributed by atoms with Crippen LogP contribution < -0.4 is 5.32 Å². The summed E-state index contributed by atoms with van der Waals surface area (Å²) in [5.41, 5.74) is 1.33. The fraction of sp³-hybridized carbons (Fsp3) is 0.867. The minimum absolute atomic E-state index is 0.738. The van der Waals surface area contributed by atoms with Gasteiger partial charge in [0.1, 0.15) is 0 Å². The van der Waals surface area contributed by atoms with Gasteiger partial charge in [0, 0.05) is 6.04 Å². The standard InChI is InChI=1S/C15H29N/c1-5-10-16-15(9-6-12(2)3)14-8-7-13(4)11-14/h13-16H,2,5-11H2,1,3-4H3. The maximum absolute atomic E-state index is 4.02. The number of hydrogen-bond acceptors (Lipinski definition) is 1. The molecule has 1 nitrogen and oxygen atoms in total. The van der Waals surface area contributed by atoms with E-state index in [1.165, 1.54) is 50.6 Å². The number of rotatable bonds is 7. The second-order valence-electron chi connectivity index (χ2n) is 5.73. The molecule has 0 radical (unpaired) electrons. The minimum Gasteiger partial charge on any atom is -0.314 e. The molecule has 1 aliphatic carbocycles. The van der Waals surface area contributed by atoms with Crippen molar-refractivity contribution in [2.24, 2.45) is 11.8 Å². The zero-order chi connectivity index (χ0) is 12.0. The summed E-state index contributed by atoms with van der Waals surface area (Å²) in [6, 6.07) is 0.738. The molecule has 1 heteroatoms. The number of allylic oxidation sites excluding steroid dienone is 1. The molecule has 16 heavy (non-hydrogen) atoms. The molecule has 3 atom stereocenters. The van der Waals surface area contributed by atoms with Crippen LogP contribution in [-0.2, 0) is 0 Å². The van der Waals surface area contributed by atoms with Gasteiger partial charge in [-0.05, 0) is 57.4 Å². The first kappa shape index (κ1) is 13.8. The summed E-state index contributed by atoms with van der Waals surface area (Å²) in [5, 5.41) is 3.75. The van der Waals surface area contributed by atoms with Gasteiger partial charge in [0.05, 0.1) is 0 Å². The minimum atomic E-state index is 0.738. The predicted octanol–water partition coefficient (Wildman–Crippen LogP) is 4.15. The van der Waals surface area contributed by atoms with E-state index in [1.54, 1.807) is 0 Å². The van der Waals surface area contributed by atoms with Gasteiger partial charge >= 0.3 is 0 Å². The molecule has 3 unspecified atom stereocenters. The SMILES string of the molecule is C=C(C)CCC(NCCC)C1CCC(C)C1. The first-order valence-corrected chi connectivity index (χ1v) is 7.01. The number of hydrogen-bond donors (Lipinski definition) is 1. The molecule has 1 saturated carbocycles. The first-order chi connectivity index (χ1) is 7.63. The van der Waals surface area contributed by atoms with Crippen LogP contribution in [0.5, 0.6) is 0 Å². The van der Waals surface area contributed by atoms with E-state index in [0.717, 1.165) is 17.9 Å². The lowest BCUT2D eigenvalue weighted by atomic mass is 9.92. The highest BCUT2D eigenvalue weighted by molar-refractivity contribution is 4.92. The highest BCUT2D eigenvalue weighted by Crippen LogP contribution is 2.34. The molecule has 1 aliphatic rings. The van der Waals surface area contributed by atoms with E-state index in [-0.39, 0.29) is 0 Å². The van der Waals surface area contributed by atoms with Gasteiger partial charge < -0.3 is 5.32 Å². The van der Waals surface area contributed by atoms with E-state index >= 15 is 0 Å². The Labute approximate surface area is 102 Å². The summed E-state index contributed by atoms with van der Waals surface area (Å²) < 4.78 is 0. The van der Waals surface area contributed by atoms with Gasteiger partial charge in [-0.1, -0.05) is 25.8 Å². The summed E-state index contributed by atoms with van der Waals surface area (Å²) in [4.78, 5) is 0. The maximum Gasteiger partial charge on any atom is 0.00984 e. The zero-order valence-corrected chi connectivity index (χ0v) is 11.4. The molecule has 0 heterocycles. The topological polar surface area (TPSA) is 12.0 Å². The molecule has 0 aliphatic heterocycles. The van der Waals surface area contributed by atoms with Crippen LogP contribution in [0.15, 0.2) is 12.2 Å². The molecule has 1 N–H and O–H groups in total. The second-order valence-corrected chi connectivity index (χ2v) is 5.73. The smallest absolute Gasteiger partial charge is 0.00984 e. The molecule has 0 aromatic rings. The monoisotopic (exact) mass is 223 g/mol. The molecule has 0 amide bonds. The largest absolute Gasteiger partial charge is 0.314 e. The van der Waals surface area contributed by atoms with Gasteiger partial charge in [-0.2, -0.15) is 0 Å². The van der Waals surface area contributed by atoms with Crippen molar-refractivity contribution in [2.75, 3.05) is 6.54 Å². The quantitative estimate of drug-likeness (QED) is 0.639. The van der Waals surface area contributed by atoms with Crippen LogP contribution in [0, 0.1) is 11.8 Å². The lowest BCUT2D eigenvalue weighted by molar-refractivity contribution is 0.333. The summed E-state index contributed by atoms with van der Waals surface area (Å²) in [5.74, 6) is 1.86. The van der Waals surface area contributed by atoms with Crippen molar-refractivity contribution in [1.82, 2.24) is 5.32 Å². The summed E-state index contributed by atoms with van der Waals surface area (Å²) in [6.45, 7) is 12.0. The van der Waals surface area contributed by atoms with Crippen LogP contribution in [0.2, 0.25) is 0 Å². The fourth-order valence-electron chi connectivity index (χ4n) is 2.85. The molecule has 1 rings (SSSR count). The van der Waals surface area contributed by atoms with Crippen molar-refractivity contribution in [2.45, 2.75) is 65.3 Å². The van der Waals surface area contributed by atoms with Crippen molar-refractivity contribution in [3.05, 3.63) is 12.2 Å². The van der Waals surface area contributed by atoms with Crippen LogP contribution in [0.25, 0.3) is 0 Å². The molecule has 0 aromatic carbocycles. The summed E-state index contributed by atoms with van der Waals surface area (Å²) >= 11 is 0. The zero-order valence-electron chi connectivity index (χ0n) is 11.4. The Bertz CT molecular complexity index is 209. The Kier molecular flexibility index (Phi) is 6.12. The molecule has 94 valence electrons. The first-order valence-electron chi connectivity index (χ1n) is 7.01. The van der Waals surface area contributed by atoms with Crippen molar-refractivity contribution in [3.63, 3.8) is 0 Å². The highest BCUT2D eigenvalue weighted by Gasteiger charge is 2.27. The van der Waals surface area contributed by atoms with E-state index in [2.05, 4.69) is 32.7 Å². The van der Waals surface area contributed by atoms with Gasteiger partial charge in [0.2, 0.25) is 0 Å². The van der Waals surface area contributed by atoms with Crippen molar-refractivity contribution >= 4 is 0 Å². The van der Waals surface area contributed by atoms with E-state index < -0.39 is 0 Å². The van der Waals surface area contributed by atoms with Crippen LogP contribution in [-0.4, -0.2) is 12.6 Å². The Morgan fingerprint density at radius 3 is 2.69 bits per heavy atom. The molecule has 0 spiro atoms. The summed E-state index contributed by atoms with van der Waals surface area (Å²) in [7, 11) is 0. The number of nitrogens with one attached hydrogen (secondary N) is 1. The van der Waals surface area contributed by atoms with Gasteiger partial charge in [-0.15, -0.1) is 6.58 Å². The molecular formula is C15H29N. The lowest BCUT2D eigenvalue weighted by Gasteiger charge is -2.25. The molecular weight excluding hydrogens is 194 g/mol. The third kappa shape index (κ3) is 4.69. The van der Waals surface area contributed by atoms with Gasteiger partial charge in [0.25, 0.3) is 0 Å². The van der Waals surface area contributed by atoms with Crippen LogP contribution in [0.4, 0.5) is 0 Å². The van der Waals surface area contributed by atoms with Crippen molar-refractivity contribution in [1.29, 1.82) is 0 Å². The van der Waals surface area contributed by atoms with E-state index in [1.807, 2.05) is 0 Å². The Balaban J connectivity index is 2.39. The van der Waals surface area contributed by atoms with Crippen LogP contribution in [0.1, 0.15) is 59.3 Å². The van der Waals surface area contributed by atoms with E-state index in [4.69, 9.17) is 0 Å². The normalized spacial score (nSPS) is 26.9. The molecule has 0 saturated heterocycles. The molecule has 0 bridgehead atoms. The third-order valence-electron chi connectivity index (χ3n) is 3.84. The van der Waals surface area contributed by atoms with Gasteiger partial charge in [-0.25, -0.2) is 0 Å².